The highest BCUT2D eigenvalue weighted by Gasteiger charge is 2.16. The van der Waals surface area contributed by atoms with E-state index in [1.165, 1.54) is 18.2 Å². The molecule has 6 heteroatoms. The van der Waals surface area contributed by atoms with E-state index in [1.54, 1.807) is 10.6 Å². The van der Waals surface area contributed by atoms with E-state index < -0.39 is 5.82 Å². The van der Waals surface area contributed by atoms with Crippen molar-refractivity contribution in [1.82, 2.24) is 9.47 Å². The molecule has 1 aliphatic heterocycles. The van der Waals surface area contributed by atoms with E-state index in [4.69, 9.17) is 11.0 Å². The van der Waals surface area contributed by atoms with Crippen molar-refractivity contribution in [3.05, 3.63) is 46.0 Å². The molecule has 120 valence electrons. The molecule has 0 bridgehead atoms. The largest absolute Gasteiger partial charge is 0.328 e. The highest BCUT2D eigenvalue weighted by atomic mass is 19.1. The number of nitriles is 1. The van der Waals surface area contributed by atoms with Gasteiger partial charge in [-0.2, -0.15) is 5.26 Å². The Balaban J connectivity index is 1.91. The van der Waals surface area contributed by atoms with Gasteiger partial charge in [-0.15, -0.1) is 0 Å². The first-order chi connectivity index (χ1) is 11.1. The Kier molecular flexibility index (Phi) is 4.42. The summed E-state index contributed by atoms with van der Waals surface area (Å²) in [4.78, 5) is 14.6. The summed E-state index contributed by atoms with van der Waals surface area (Å²) in [6, 6.07) is 7.78. The number of rotatable bonds is 3. The number of aromatic nitrogens is 1. The van der Waals surface area contributed by atoms with Crippen molar-refractivity contribution in [1.29, 1.82) is 5.26 Å². The van der Waals surface area contributed by atoms with E-state index >= 15 is 0 Å². The summed E-state index contributed by atoms with van der Waals surface area (Å²) in [6.07, 6.45) is 1.91. The lowest BCUT2D eigenvalue weighted by Gasteiger charge is -2.30. The average molecular weight is 314 g/mol. The summed E-state index contributed by atoms with van der Waals surface area (Å²) in [6.45, 7) is 3.01. The van der Waals surface area contributed by atoms with Gasteiger partial charge in [-0.3, -0.25) is 4.79 Å². The zero-order chi connectivity index (χ0) is 16.4. The van der Waals surface area contributed by atoms with Crippen LogP contribution in [0.1, 0.15) is 18.4 Å². The second kappa shape index (κ2) is 6.49. The minimum absolute atomic E-state index is 0.263. The van der Waals surface area contributed by atoms with E-state index in [1.807, 2.05) is 6.07 Å². The van der Waals surface area contributed by atoms with Crippen LogP contribution in [-0.2, 0) is 6.54 Å². The van der Waals surface area contributed by atoms with Gasteiger partial charge < -0.3 is 15.2 Å². The summed E-state index contributed by atoms with van der Waals surface area (Å²) >= 11 is 0. The molecule has 0 unspecified atom stereocenters. The Morgan fingerprint density at radius 3 is 2.70 bits per heavy atom. The van der Waals surface area contributed by atoms with Crippen LogP contribution >= 0.6 is 0 Å². The number of hydrogen-bond donors (Lipinski definition) is 1. The van der Waals surface area contributed by atoms with Crippen LogP contribution in [-0.4, -0.2) is 35.1 Å². The molecule has 1 fully saturated rings. The maximum atomic E-state index is 13.6. The molecule has 23 heavy (non-hydrogen) atoms. The normalized spacial score (nSPS) is 16.6. The van der Waals surface area contributed by atoms with Crippen molar-refractivity contribution in [2.75, 3.05) is 19.6 Å². The summed E-state index contributed by atoms with van der Waals surface area (Å²) in [7, 11) is 0. The zero-order valence-electron chi connectivity index (χ0n) is 12.8. The molecule has 0 saturated carbocycles. The van der Waals surface area contributed by atoms with Crippen molar-refractivity contribution in [3.8, 4) is 6.07 Å². The molecular formula is C17H19FN4O. The fourth-order valence-corrected chi connectivity index (χ4v) is 3.09. The van der Waals surface area contributed by atoms with Crippen molar-refractivity contribution in [2.24, 2.45) is 5.73 Å². The number of pyridine rings is 1. The molecule has 0 aliphatic carbocycles. The number of likely N-dealkylation sites (tertiary alicyclic amines) is 1. The first kappa shape index (κ1) is 15.7. The molecule has 1 saturated heterocycles. The number of hydrogen-bond acceptors (Lipinski definition) is 4. The van der Waals surface area contributed by atoms with Crippen LogP contribution in [0.15, 0.2) is 29.1 Å². The van der Waals surface area contributed by atoms with Crippen LogP contribution in [0.25, 0.3) is 10.9 Å². The quantitative estimate of drug-likeness (QED) is 0.930. The second-order valence-corrected chi connectivity index (χ2v) is 6.00. The molecule has 3 rings (SSSR count). The molecule has 1 aromatic carbocycles. The monoisotopic (exact) mass is 314 g/mol. The SMILES string of the molecule is N#Cc1cc(=O)n(CCN2CCC(N)CC2)c2cc(F)ccc12. The summed E-state index contributed by atoms with van der Waals surface area (Å²) in [5.74, 6) is -0.412. The van der Waals surface area contributed by atoms with Crippen molar-refractivity contribution in [2.45, 2.75) is 25.4 Å². The number of benzene rings is 1. The lowest BCUT2D eigenvalue weighted by atomic mass is 10.1. The Labute approximate surface area is 133 Å². The summed E-state index contributed by atoms with van der Waals surface area (Å²) in [5, 5.41) is 9.77. The predicted molar refractivity (Wildman–Crippen MR) is 86.5 cm³/mol. The number of nitrogens with zero attached hydrogens (tertiary/aromatic N) is 3. The van der Waals surface area contributed by atoms with Crippen LogP contribution in [0.5, 0.6) is 0 Å². The zero-order valence-corrected chi connectivity index (χ0v) is 12.8. The minimum atomic E-state index is -0.412. The van der Waals surface area contributed by atoms with Gasteiger partial charge in [0.2, 0.25) is 0 Å². The third-order valence-electron chi connectivity index (χ3n) is 4.47. The van der Waals surface area contributed by atoms with Gasteiger partial charge in [0.1, 0.15) is 11.9 Å². The molecule has 2 aromatic rings. The third-order valence-corrected chi connectivity index (χ3v) is 4.47. The van der Waals surface area contributed by atoms with Crippen molar-refractivity contribution in [3.63, 3.8) is 0 Å². The fraction of sp³-hybridized carbons (Fsp3) is 0.412. The predicted octanol–water partition coefficient (Wildman–Crippen LogP) is 1.44. The highest BCUT2D eigenvalue weighted by molar-refractivity contribution is 5.84. The average Bonchev–Trinajstić information content (AvgIpc) is 2.55. The first-order valence-corrected chi connectivity index (χ1v) is 7.79. The lowest BCUT2D eigenvalue weighted by Crippen LogP contribution is -2.41. The van der Waals surface area contributed by atoms with Gasteiger partial charge >= 0.3 is 0 Å². The molecule has 0 spiro atoms. The molecular weight excluding hydrogens is 295 g/mol. The van der Waals surface area contributed by atoms with Crippen LogP contribution in [0, 0.1) is 17.1 Å². The van der Waals surface area contributed by atoms with Gasteiger partial charge in [0.15, 0.2) is 0 Å². The lowest BCUT2D eigenvalue weighted by molar-refractivity contribution is 0.206. The van der Waals surface area contributed by atoms with E-state index in [0.717, 1.165) is 25.9 Å². The number of nitrogens with two attached hydrogens (primary N) is 1. The molecule has 0 radical (unpaired) electrons. The van der Waals surface area contributed by atoms with Crippen molar-refractivity contribution >= 4 is 10.9 Å². The molecule has 0 amide bonds. The fourth-order valence-electron chi connectivity index (χ4n) is 3.09. The summed E-state index contributed by atoms with van der Waals surface area (Å²) < 4.78 is 15.1. The van der Waals surface area contributed by atoms with Gasteiger partial charge in [-0.05, 0) is 44.1 Å². The second-order valence-electron chi connectivity index (χ2n) is 6.00. The Bertz CT molecular complexity index is 816. The molecule has 2 heterocycles. The summed E-state index contributed by atoms with van der Waals surface area (Å²) in [5.41, 5.74) is 6.38. The minimum Gasteiger partial charge on any atom is -0.328 e. The molecule has 5 nitrogen and oxygen atoms in total. The van der Waals surface area contributed by atoms with Gasteiger partial charge in [-0.25, -0.2) is 4.39 Å². The van der Waals surface area contributed by atoms with Gasteiger partial charge in [0.25, 0.3) is 5.56 Å². The van der Waals surface area contributed by atoms with Gasteiger partial charge in [-0.1, -0.05) is 0 Å². The van der Waals surface area contributed by atoms with E-state index in [9.17, 15) is 9.18 Å². The van der Waals surface area contributed by atoms with E-state index in [0.29, 0.717) is 24.0 Å². The van der Waals surface area contributed by atoms with Crippen LogP contribution in [0.4, 0.5) is 4.39 Å². The van der Waals surface area contributed by atoms with Crippen LogP contribution in [0.2, 0.25) is 0 Å². The topological polar surface area (TPSA) is 75.0 Å². The van der Waals surface area contributed by atoms with Gasteiger partial charge in [0, 0.05) is 30.6 Å². The van der Waals surface area contributed by atoms with Crippen molar-refractivity contribution < 1.29 is 4.39 Å². The molecule has 0 atom stereocenters. The smallest absolute Gasteiger partial charge is 0.252 e. The number of fused-ring (bicyclic) bond motifs is 1. The van der Waals surface area contributed by atoms with E-state index in [-0.39, 0.29) is 17.2 Å². The molecule has 2 N–H and O–H groups in total. The maximum Gasteiger partial charge on any atom is 0.252 e. The third kappa shape index (κ3) is 3.26. The Hall–Kier alpha value is -2.23. The Morgan fingerprint density at radius 2 is 2.00 bits per heavy atom. The maximum absolute atomic E-state index is 13.6. The van der Waals surface area contributed by atoms with Crippen LogP contribution in [0.3, 0.4) is 0 Å². The highest BCUT2D eigenvalue weighted by Crippen LogP contribution is 2.18. The number of halogens is 1. The Morgan fingerprint density at radius 1 is 1.26 bits per heavy atom. The first-order valence-electron chi connectivity index (χ1n) is 7.79. The van der Waals surface area contributed by atoms with E-state index in [2.05, 4.69) is 4.90 Å². The molecule has 1 aromatic heterocycles. The van der Waals surface area contributed by atoms with Gasteiger partial charge in [0.05, 0.1) is 11.1 Å². The van der Waals surface area contributed by atoms with Crippen LogP contribution < -0.4 is 11.3 Å². The standard InChI is InChI=1S/C17H19FN4O/c18-13-1-2-15-12(11-19)9-17(23)22(16(15)10-13)8-7-21-5-3-14(20)4-6-21/h1-2,9-10,14H,3-8,20H2. The number of piperidine rings is 1. The molecule has 1 aliphatic rings.